The van der Waals surface area contributed by atoms with E-state index in [-0.39, 0.29) is 148 Å². The number of carboxylic acid groups (broad SMARTS) is 8. The number of aromatic carboxylic acids is 8. The molecule has 0 fully saturated rings. The normalized spacial score (nSPS) is 10.7. The maximum absolute atomic E-state index is 11.8. The van der Waals surface area contributed by atoms with Gasteiger partial charge < -0.3 is 74.0 Å². The van der Waals surface area contributed by atoms with Crippen LogP contribution in [0.3, 0.4) is 0 Å². The summed E-state index contributed by atoms with van der Waals surface area (Å²) in [6, 6.07) is 28.0. The second-order valence-corrected chi connectivity index (χ2v) is 17.7. The predicted octanol–water partition coefficient (Wildman–Crippen LogP) is 8.89. The molecule has 0 spiro atoms. The Morgan fingerprint density at radius 1 is 0.235 bits per heavy atom. The number of hydrogen-bond acceptors (Lipinski definition) is 15. The zero-order valence-electron chi connectivity index (χ0n) is 42.3. The van der Waals surface area contributed by atoms with Gasteiger partial charge in [-0.1, -0.05) is 0 Å². The Kier molecular flexibility index (Phi) is 18.5. The molecule has 0 aliphatic carbocycles. The van der Waals surface area contributed by atoms with E-state index in [9.17, 15) is 79.2 Å². The van der Waals surface area contributed by atoms with Gasteiger partial charge in [0.25, 0.3) is 0 Å². The molecule has 23 heteroatoms. The third-order valence-electron chi connectivity index (χ3n) is 11.5. The first-order valence-corrected chi connectivity index (χ1v) is 23.7. The Morgan fingerprint density at radius 2 is 0.383 bits per heavy atom. The van der Waals surface area contributed by atoms with Crippen LogP contribution in [0.4, 0.5) is 0 Å². The van der Waals surface area contributed by atoms with Crippen molar-refractivity contribution < 1.29 is 112 Å². The lowest BCUT2D eigenvalue weighted by Crippen LogP contribution is -2.07. The van der Waals surface area contributed by atoms with E-state index in [0.717, 1.165) is 24.3 Å². The van der Waals surface area contributed by atoms with Crippen LogP contribution in [-0.2, 0) is 51.0 Å². The van der Waals surface area contributed by atoms with Crippen molar-refractivity contribution in [3.8, 4) is 34.5 Å². The fraction of sp³-hybridized carbons (Fsp3) is 0.138. The quantitative estimate of drug-likeness (QED) is 0.0227. The standard InChI is InChI=1S/C58H46O23/c1-75-23-34-10-45(80-28-35-12-47(76-24-30-2-37(51(59)60)16-38(3-30)52(61)62)21-48(13-35)77-25-31-4-39(53(63)64)17-40(5-31)54(65)66)20-46(11-34)81-29-36-14-49(78-26-32-6-41(55(67)68)18-42(7-32)56(69)70)22-50(15-36)79-27-33-8-43(57(71)72)19-44(9-33)58(73)74/h2-22H,23-29H2,1H3,(H,59,60)(H,61,62)(H,63,64)(H,65,66)(H,67,68)(H,69,70)(H,71,72)(H,73,74). The molecule has 0 aliphatic rings. The molecule has 0 aliphatic heterocycles. The summed E-state index contributed by atoms with van der Waals surface area (Å²) >= 11 is 0. The molecule has 7 aromatic carbocycles. The molecule has 0 bridgehead atoms. The van der Waals surface area contributed by atoms with Gasteiger partial charge in [-0.05, 0) is 148 Å². The maximum Gasteiger partial charge on any atom is 0.335 e. The third-order valence-corrected chi connectivity index (χ3v) is 11.5. The van der Waals surface area contributed by atoms with Crippen molar-refractivity contribution in [3.05, 3.63) is 211 Å². The van der Waals surface area contributed by atoms with Gasteiger partial charge in [-0.25, -0.2) is 38.4 Å². The molecule has 7 rings (SSSR count). The number of ether oxygens (including phenoxy) is 7. The highest BCUT2D eigenvalue weighted by Gasteiger charge is 2.18. The summed E-state index contributed by atoms with van der Waals surface area (Å²) < 4.78 is 42.0. The molecule has 23 nitrogen and oxygen atoms in total. The number of carbonyl (C=O) groups is 8. The van der Waals surface area contributed by atoms with E-state index in [1.807, 2.05) is 0 Å². The van der Waals surface area contributed by atoms with E-state index in [1.165, 1.54) is 67.8 Å². The summed E-state index contributed by atoms with van der Waals surface area (Å²) in [5.41, 5.74) is -0.109. The van der Waals surface area contributed by atoms with Crippen LogP contribution < -0.4 is 28.4 Å². The molecule has 0 atom stereocenters. The zero-order chi connectivity index (χ0) is 58.5. The van der Waals surface area contributed by atoms with Crippen LogP contribution in [0.5, 0.6) is 34.5 Å². The van der Waals surface area contributed by atoms with Gasteiger partial charge in [0.15, 0.2) is 0 Å². The van der Waals surface area contributed by atoms with E-state index < -0.39 is 47.8 Å². The minimum absolute atomic E-state index is 0.0921. The monoisotopic (exact) mass is 1110 g/mol. The molecule has 0 saturated carbocycles. The topological polar surface area (TPSA) is 363 Å². The summed E-state index contributed by atoms with van der Waals surface area (Å²) in [5.74, 6) is -9.86. The number of benzene rings is 7. The minimum atomic E-state index is -1.37. The molecule has 0 aromatic heterocycles. The highest BCUT2D eigenvalue weighted by Crippen LogP contribution is 2.31. The molecule has 8 N–H and O–H groups in total. The van der Waals surface area contributed by atoms with Gasteiger partial charge in [-0.3, -0.25) is 0 Å². The smallest absolute Gasteiger partial charge is 0.335 e. The van der Waals surface area contributed by atoms with Gasteiger partial charge in [0.05, 0.1) is 51.1 Å². The van der Waals surface area contributed by atoms with Crippen molar-refractivity contribution in [3.63, 3.8) is 0 Å². The lowest BCUT2D eigenvalue weighted by Gasteiger charge is -2.16. The Balaban J connectivity index is 1.16. The summed E-state index contributed by atoms with van der Waals surface area (Å²) in [6.45, 7) is -1.49. The third kappa shape index (κ3) is 16.3. The zero-order valence-corrected chi connectivity index (χ0v) is 42.3. The first-order valence-electron chi connectivity index (χ1n) is 23.7. The average Bonchev–Trinajstić information content (AvgIpc) is 3.43. The lowest BCUT2D eigenvalue weighted by atomic mass is 10.1. The van der Waals surface area contributed by atoms with Crippen molar-refractivity contribution >= 4 is 47.8 Å². The molecule has 0 radical (unpaired) electrons. The largest absolute Gasteiger partial charge is 0.489 e. The Morgan fingerprint density at radius 3 is 0.531 bits per heavy atom. The molecule has 0 unspecified atom stereocenters. The Hall–Kier alpha value is -10.9. The number of rotatable bonds is 28. The molecular formula is C58H46O23. The van der Waals surface area contributed by atoms with Crippen LogP contribution in [0.1, 0.15) is 122 Å². The van der Waals surface area contributed by atoms with Gasteiger partial charge in [-0.2, -0.15) is 0 Å². The number of carboxylic acids is 8. The minimum Gasteiger partial charge on any atom is -0.489 e. The fourth-order valence-corrected chi connectivity index (χ4v) is 7.90. The molecule has 0 heterocycles. The lowest BCUT2D eigenvalue weighted by molar-refractivity contribution is 0.0676. The SMILES string of the molecule is COCc1cc(OCc2cc(OCc3cc(C(=O)O)cc(C(=O)O)c3)cc(OCc3cc(C(=O)O)cc(C(=O)O)c3)c2)cc(OCc2cc(OCc3cc(C(=O)O)cc(C(=O)O)c3)cc(OCc3cc(C(=O)O)cc(C(=O)O)c3)c2)c1. The van der Waals surface area contributed by atoms with Crippen LogP contribution in [-0.4, -0.2) is 95.7 Å². The van der Waals surface area contributed by atoms with Gasteiger partial charge in [-0.15, -0.1) is 0 Å². The van der Waals surface area contributed by atoms with Crippen LogP contribution >= 0.6 is 0 Å². The summed E-state index contributed by atoms with van der Waals surface area (Å²) in [4.78, 5) is 94.4. The summed E-state index contributed by atoms with van der Waals surface area (Å²) in [7, 11) is 1.47. The van der Waals surface area contributed by atoms with Crippen LogP contribution in [0.2, 0.25) is 0 Å². The van der Waals surface area contributed by atoms with Crippen molar-refractivity contribution in [2.24, 2.45) is 0 Å². The van der Waals surface area contributed by atoms with Gasteiger partial charge in [0.2, 0.25) is 0 Å². The van der Waals surface area contributed by atoms with E-state index >= 15 is 0 Å². The van der Waals surface area contributed by atoms with Crippen molar-refractivity contribution in [2.45, 2.75) is 46.2 Å². The Labute approximate surface area is 457 Å². The van der Waals surface area contributed by atoms with Gasteiger partial charge in [0, 0.05) is 25.3 Å². The molecule has 0 saturated heterocycles. The van der Waals surface area contributed by atoms with Crippen LogP contribution in [0.15, 0.2) is 127 Å². The van der Waals surface area contributed by atoms with Crippen molar-refractivity contribution in [2.75, 3.05) is 7.11 Å². The average molecular weight is 1110 g/mol. The molecular weight excluding hydrogens is 1060 g/mol. The van der Waals surface area contributed by atoms with E-state index in [4.69, 9.17) is 33.2 Å². The second kappa shape index (κ2) is 25.9. The first kappa shape index (κ1) is 57.8. The molecule has 0 amide bonds. The summed E-state index contributed by atoms with van der Waals surface area (Å²) in [5, 5.41) is 76.9. The van der Waals surface area contributed by atoms with Crippen LogP contribution in [0.25, 0.3) is 0 Å². The Bertz CT molecular complexity index is 3070. The molecule has 416 valence electrons. The molecule has 81 heavy (non-hydrogen) atoms. The van der Waals surface area contributed by atoms with E-state index in [1.54, 1.807) is 42.5 Å². The second-order valence-electron chi connectivity index (χ2n) is 17.7. The van der Waals surface area contributed by atoms with Crippen LogP contribution in [0, 0.1) is 0 Å². The highest BCUT2D eigenvalue weighted by atomic mass is 16.5. The van der Waals surface area contributed by atoms with E-state index in [0.29, 0.717) is 16.7 Å². The van der Waals surface area contributed by atoms with Crippen molar-refractivity contribution in [1.29, 1.82) is 0 Å². The fourth-order valence-electron chi connectivity index (χ4n) is 7.90. The van der Waals surface area contributed by atoms with E-state index in [2.05, 4.69) is 0 Å². The summed E-state index contributed by atoms with van der Waals surface area (Å²) in [6.07, 6.45) is 0. The predicted molar refractivity (Wildman–Crippen MR) is 277 cm³/mol. The van der Waals surface area contributed by atoms with Crippen molar-refractivity contribution in [1.82, 2.24) is 0 Å². The van der Waals surface area contributed by atoms with Gasteiger partial charge >= 0.3 is 47.8 Å². The first-order chi connectivity index (χ1) is 38.6. The maximum atomic E-state index is 11.8. The molecule has 7 aromatic rings. The number of methoxy groups -OCH3 is 1. The van der Waals surface area contributed by atoms with Gasteiger partial charge in [0.1, 0.15) is 74.1 Å². The number of hydrogen-bond donors (Lipinski definition) is 8. The highest BCUT2D eigenvalue weighted by molar-refractivity contribution is 5.96.